The Kier molecular flexibility index (Phi) is 4.52. The van der Waals surface area contributed by atoms with Gasteiger partial charge >= 0.3 is 5.97 Å². The van der Waals surface area contributed by atoms with E-state index in [4.69, 9.17) is 5.11 Å². The predicted octanol–water partition coefficient (Wildman–Crippen LogP) is 2.83. The minimum Gasteiger partial charge on any atom is -0.478 e. The number of fused-ring (bicyclic) bond motifs is 1. The highest BCUT2D eigenvalue weighted by Gasteiger charge is 2.18. The van der Waals surface area contributed by atoms with E-state index in [1.807, 2.05) is 36.6 Å². The Morgan fingerprint density at radius 1 is 1.20 bits per heavy atom. The Hall–Kier alpha value is -3.15. The number of nitrogens with zero attached hydrogens (tertiary/aromatic N) is 2. The van der Waals surface area contributed by atoms with Crippen molar-refractivity contribution < 1.29 is 14.7 Å². The van der Waals surface area contributed by atoms with Crippen LogP contribution in [0.5, 0.6) is 0 Å². The van der Waals surface area contributed by atoms with Crippen LogP contribution in [0, 0.1) is 6.92 Å². The van der Waals surface area contributed by atoms with Gasteiger partial charge in [0.2, 0.25) is 0 Å². The van der Waals surface area contributed by atoms with E-state index in [0.29, 0.717) is 18.7 Å². The Bertz CT molecular complexity index is 942. The molecule has 6 heteroatoms. The quantitative estimate of drug-likeness (QED) is 0.750. The minimum absolute atomic E-state index is 0.197. The first kappa shape index (κ1) is 16.7. The fourth-order valence-electron chi connectivity index (χ4n) is 2.77. The Morgan fingerprint density at radius 2 is 1.92 bits per heavy atom. The zero-order valence-corrected chi connectivity index (χ0v) is 14.1. The van der Waals surface area contributed by atoms with Crippen molar-refractivity contribution in [2.24, 2.45) is 0 Å². The van der Waals surface area contributed by atoms with Crippen LogP contribution >= 0.6 is 0 Å². The molecule has 2 N–H and O–H groups in total. The van der Waals surface area contributed by atoms with Gasteiger partial charge in [-0.25, -0.2) is 9.78 Å². The van der Waals surface area contributed by atoms with Crippen LogP contribution in [0.3, 0.4) is 0 Å². The summed E-state index contributed by atoms with van der Waals surface area (Å²) in [7, 11) is 0. The standard InChI is InChI=1S/C19H19N3O3/c1-3-15-16(22-10-4-5-12(2)17(22)21-15)18(23)20-11-13-6-8-14(9-7-13)19(24)25/h4-10H,3,11H2,1-2H3,(H,20,23)(H,24,25). The summed E-state index contributed by atoms with van der Waals surface area (Å²) in [6, 6.07) is 10.3. The number of aryl methyl sites for hydroxylation is 2. The van der Waals surface area contributed by atoms with Crippen molar-refractivity contribution in [2.75, 3.05) is 0 Å². The zero-order valence-electron chi connectivity index (χ0n) is 14.1. The van der Waals surface area contributed by atoms with Crippen LogP contribution in [0.15, 0.2) is 42.6 Å². The van der Waals surface area contributed by atoms with Crippen LogP contribution in [0.25, 0.3) is 5.65 Å². The number of nitrogens with one attached hydrogen (secondary N) is 1. The molecule has 0 unspecified atom stereocenters. The van der Waals surface area contributed by atoms with E-state index in [9.17, 15) is 9.59 Å². The van der Waals surface area contributed by atoms with Crippen LogP contribution in [0.4, 0.5) is 0 Å². The van der Waals surface area contributed by atoms with Gasteiger partial charge in [0.1, 0.15) is 11.3 Å². The smallest absolute Gasteiger partial charge is 0.335 e. The number of benzene rings is 1. The number of imidazole rings is 1. The fraction of sp³-hybridized carbons (Fsp3) is 0.211. The molecule has 0 aliphatic heterocycles. The van der Waals surface area contributed by atoms with Crippen molar-refractivity contribution in [3.63, 3.8) is 0 Å². The number of hydrogen-bond acceptors (Lipinski definition) is 3. The Morgan fingerprint density at radius 3 is 2.56 bits per heavy atom. The van der Waals surface area contributed by atoms with Gasteiger partial charge in [-0.05, 0) is 42.7 Å². The number of amides is 1. The summed E-state index contributed by atoms with van der Waals surface area (Å²) in [5, 5.41) is 11.8. The molecule has 0 bridgehead atoms. The van der Waals surface area contributed by atoms with Gasteiger partial charge in [0.05, 0.1) is 11.3 Å². The van der Waals surface area contributed by atoms with Crippen molar-refractivity contribution >= 4 is 17.5 Å². The lowest BCUT2D eigenvalue weighted by molar-refractivity contribution is 0.0696. The summed E-state index contributed by atoms with van der Waals surface area (Å²) in [6.45, 7) is 4.26. The van der Waals surface area contributed by atoms with Gasteiger partial charge in [0, 0.05) is 12.7 Å². The molecule has 0 radical (unpaired) electrons. The molecule has 0 saturated carbocycles. The largest absolute Gasteiger partial charge is 0.478 e. The number of carbonyl (C=O) groups is 2. The van der Waals surface area contributed by atoms with Gasteiger partial charge in [-0.3, -0.25) is 9.20 Å². The minimum atomic E-state index is -0.968. The van der Waals surface area contributed by atoms with Gasteiger partial charge in [0.25, 0.3) is 5.91 Å². The molecule has 2 aromatic heterocycles. The SMILES string of the molecule is CCc1nc2c(C)cccn2c1C(=O)NCc1ccc(C(=O)O)cc1. The number of carbonyl (C=O) groups excluding carboxylic acids is 1. The second kappa shape index (κ2) is 6.76. The third kappa shape index (κ3) is 3.24. The van der Waals surface area contributed by atoms with E-state index in [2.05, 4.69) is 10.3 Å². The van der Waals surface area contributed by atoms with E-state index in [-0.39, 0.29) is 11.5 Å². The van der Waals surface area contributed by atoms with Crippen molar-refractivity contribution in [3.05, 3.63) is 70.7 Å². The molecule has 2 heterocycles. The first-order valence-electron chi connectivity index (χ1n) is 8.08. The molecular formula is C19H19N3O3. The number of carboxylic acids is 1. The number of carboxylic acid groups (broad SMARTS) is 1. The van der Waals surface area contributed by atoms with Crippen LogP contribution in [-0.2, 0) is 13.0 Å². The van der Waals surface area contributed by atoms with Crippen LogP contribution in [0.2, 0.25) is 0 Å². The summed E-state index contributed by atoms with van der Waals surface area (Å²) in [5.41, 5.74) is 4.16. The third-order valence-corrected chi connectivity index (χ3v) is 4.12. The number of hydrogen-bond donors (Lipinski definition) is 2. The highest BCUT2D eigenvalue weighted by atomic mass is 16.4. The van der Waals surface area contributed by atoms with Gasteiger partial charge in [-0.1, -0.05) is 25.1 Å². The van der Waals surface area contributed by atoms with Crippen LogP contribution in [-0.4, -0.2) is 26.4 Å². The van der Waals surface area contributed by atoms with E-state index >= 15 is 0 Å². The number of aromatic carboxylic acids is 1. The highest BCUT2D eigenvalue weighted by molar-refractivity contribution is 5.95. The molecule has 25 heavy (non-hydrogen) atoms. The molecule has 3 rings (SSSR count). The lowest BCUT2D eigenvalue weighted by atomic mass is 10.1. The maximum atomic E-state index is 12.7. The van der Waals surface area contributed by atoms with Crippen molar-refractivity contribution in [1.82, 2.24) is 14.7 Å². The van der Waals surface area contributed by atoms with Gasteiger partial charge in [-0.2, -0.15) is 0 Å². The zero-order chi connectivity index (χ0) is 18.0. The monoisotopic (exact) mass is 337 g/mol. The lowest BCUT2D eigenvalue weighted by Gasteiger charge is -2.07. The number of rotatable bonds is 5. The molecule has 128 valence electrons. The Labute approximate surface area is 145 Å². The summed E-state index contributed by atoms with van der Waals surface area (Å²) in [4.78, 5) is 28.1. The summed E-state index contributed by atoms with van der Waals surface area (Å²) >= 11 is 0. The molecule has 6 nitrogen and oxygen atoms in total. The van der Waals surface area contributed by atoms with Gasteiger partial charge in [0.15, 0.2) is 0 Å². The second-order valence-electron chi connectivity index (χ2n) is 5.83. The molecule has 0 atom stereocenters. The van der Waals surface area contributed by atoms with Crippen molar-refractivity contribution in [3.8, 4) is 0 Å². The van der Waals surface area contributed by atoms with E-state index in [1.165, 1.54) is 12.1 Å². The maximum absolute atomic E-state index is 12.7. The van der Waals surface area contributed by atoms with Crippen molar-refractivity contribution in [2.45, 2.75) is 26.8 Å². The molecular weight excluding hydrogens is 318 g/mol. The predicted molar refractivity (Wildman–Crippen MR) is 93.9 cm³/mol. The van der Waals surface area contributed by atoms with Crippen LogP contribution < -0.4 is 5.32 Å². The van der Waals surface area contributed by atoms with E-state index < -0.39 is 5.97 Å². The topological polar surface area (TPSA) is 83.7 Å². The fourth-order valence-corrected chi connectivity index (χ4v) is 2.77. The normalized spacial score (nSPS) is 10.8. The first-order chi connectivity index (χ1) is 12.0. The van der Waals surface area contributed by atoms with E-state index in [1.54, 1.807) is 12.1 Å². The average Bonchev–Trinajstić information content (AvgIpc) is 3.00. The lowest BCUT2D eigenvalue weighted by Crippen LogP contribution is -2.25. The van der Waals surface area contributed by atoms with E-state index in [0.717, 1.165) is 22.5 Å². The highest BCUT2D eigenvalue weighted by Crippen LogP contribution is 2.16. The van der Waals surface area contributed by atoms with Gasteiger partial charge in [-0.15, -0.1) is 0 Å². The molecule has 0 saturated heterocycles. The summed E-state index contributed by atoms with van der Waals surface area (Å²) in [6.07, 6.45) is 2.50. The van der Waals surface area contributed by atoms with Gasteiger partial charge < -0.3 is 10.4 Å². The number of aromatic nitrogens is 2. The number of pyridine rings is 1. The first-order valence-corrected chi connectivity index (χ1v) is 8.08. The summed E-state index contributed by atoms with van der Waals surface area (Å²) in [5.74, 6) is -1.17. The molecule has 0 aliphatic carbocycles. The second-order valence-corrected chi connectivity index (χ2v) is 5.83. The molecule has 1 amide bonds. The van der Waals surface area contributed by atoms with Crippen molar-refractivity contribution in [1.29, 1.82) is 0 Å². The Balaban J connectivity index is 1.82. The molecule has 0 aliphatic rings. The molecule has 3 aromatic rings. The summed E-state index contributed by atoms with van der Waals surface area (Å²) < 4.78 is 1.82. The third-order valence-electron chi connectivity index (χ3n) is 4.12. The maximum Gasteiger partial charge on any atom is 0.335 e. The molecule has 0 spiro atoms. The van der Waals surface area contributed by atoms with Crippen LogP contribution in [0.1, 0.15) is 44.6 Å². The molecule has 0 fully saturated rings. The molecule has 1 aromatic carbocycles. The average molecular weight is 337 g/mol.